The highest BCUT2D eigenvalue weighted by Gasteiger charge is 2.11. The van der Waals surface area contributed by atoms with Crippen LogP contribution in [0.4, 0.5) is 0 Å². The molecular formula is C12H18Br2ClNO. The van der Waals surface area contributed by atoms with E-state index in [9.17, 15) is 5.11 Å². The summed E-state index contributed by atoms with van der Waals surface area (Å²) in [6.45, 7) is 2.18. The minimum Gasteiger partial charge on any atom is -0.506 e. The molecule has 2 nitrogen and oxygen atoms in total. The highest BCUT2D eigenvalue weighted by molar-refractivity contribution is 9.11. The Labute approximate surface area is 126 Å². The number of halogens is 3. The van der Waals surface area contributed by atoms with Crippen LogP contribution >= 0.6 is 44.3 Å². The molecule has 0 saturated carbocycles. The summed E-state index contributed by atoms with van der Waals surface area (Å²) in [4.78, 5) is 0. The second kappa shape index (κ2) is 8.35. The molecule has 0 spiro atoms. The fourth-order valence-corrected chi connectivity index (χ4v) is 2.80. The van der Waals surface area contributed by atoms with E-state index in [1.807, 2.05) is 12.1 Å². The van der Waals surface area contributed by atoms with Gasteiger partial charge in [-0.25, -0.2) is 0 Å². The van der Waals surface area contributed by atoms with E-state index < -0.39 is 0 Å². The second-order valence-corrected chi connectivity index (χ2v) is 5.64. The smallest absolute Gasteiger partial charge is 0.143 e. The van der Waals surface area contributed by atoms with Crippen molar-refractivity contribution in [2.75, 3.05) is 0 Å². The van der Waals surface area contributed by atoms with Crippen LogP contribution in [0.3, 0.4) is 0 Å². The van der Waals surface area contributed by atoms with Gasteiger partial charge in [0.2, 0.25) is 0 Å². The maximum Gasteiger partial charge on any atom is 0.143 e. The Balaban J connectivity index is 0.00000256. The predicted molar refractivity (Wildman–Crippen MR) is 81.8 cm³/mol. The third-order valence-electron chi connectivity index (χ3n) is 2.59. The molecule has 17 heavy (non-hydrogen) atoms. The van der Waals surface area contributed by atoms with Crippen LogP contribution in [-0.4, -0.2) is 5.11 Å². The Morgan fingerprint density at radius 2 is 1.76 bits per heavy atom. The van der Waals surface area contributed by atoms with E-state index in [1.165, 1.54) is 12.8 Å². The zero-order valence-electron chi connectivity index (χ0n) is 9.75. The van der Waals surface area contributed by atoms with Gasteiger partial charge in [-0.15, -0.1) is 12.4 Å². The lowest BCUT2D eigenvalue weighted by Crippen LogP contribution is -2.10. The summed E-state index contributed by atoms with van der Waals surface area (Å²) in [6.07, 6.45) is 4.55. The van der Waals surface area contributed by atoms with E-state index in [0.29, 0.717) is 8.95 Å². The Morgan fingerprint density at radius 1 is 1.24 bits per heavy atom. The van der Waals surface area contributed by atoms with Crippen LogP contribution in [0.15, 0.2) is 21.1 Å². The Morgan fingerprint density at radius 3 is 2.24 bits per heavy atom. The molecule has 1 atom stereocenters. The molecule has 3 N–H and O–H groups in total. The first-order valence-electron chi connectivity index (χ1n) is 5.49. The molecule has 0 heterocycles. The summed E-state index contributed by atoms with van der Waals surface area (Å²) in [5.74, 6) is 0.226. The van der Waals surface area contributed by atoms with Crippen LogP contribution in [0.2, 0.25) is 0 Å². The van der Waals surface area contributed by atoms with Gasteiger partial charge in [-0.2, -0.15) is 0 Å². The zero-order valence-corrected chi connectivity index (χ0v) is 13.7. The van der Waals surface area contributed by atoms with Crippen molar-refractivity contribution < 1.29 is 5.11 Å². The molecular weight excluding hydrogens is 369 g/mol. The van der Waals surface area contributed by atoms with Crippen molar-refractivity contribution in [1.82, 2.24) is 0 Å². The topological polar surface area (TPSA) is 46.2 Å². The van der Waals surface area contributed by atoms with E-state index >= 15 is 0 Å². The molecule has 1 aromatic rings. The maximum absolute atomic E-state index is 9.59. The summed E-state index contributed by atoms with van der Waals surface area (Å²) in [5, 5.41) is 9.59. The Bertz CT molecular complexity index is 337. The fourth-order valence-electron chi connectivity index (χ4n) is 1.58. The highest BCUT2D eigenvalue weighted by atomic mass is 79.9. The second-order valence-electron chi connectivity index (χ2n) is 3.94. The summed E-state index contributed by atoms with van der Waals surface area (Å²) < 4.78 is 1.37. The molecule has 1 rings (SSSR count). The van der Waals surface area contributed by atoms with Gasteiger partial charge in [-0.05, 0) is 56.0 Å². The maximum atomic E-state index is 9.59. The van der Waals surface area contributed by atoms with Crippen LogP contribution in [-0.2, 0) is 0 Å². The van der Waals surface area contributed by atoms with Gasteiger partial charge < -0.3 is 10.8 Å². The van der Waals surface area contributed by atoms with Gasteiger partial charge in [0.25, 0.3) is 0 Å². The van der Waals surface area contributed by atoms with E-state index in [0.717, 1.165) is 18.4 Å². The molecule has 0 aliphatic carbocycles. The standard InChI is InChI=1S/C12H17Br2NO.ClH/c1-2-3-4-5-11(15)8-6-9(13)12(16)10(14)7-8;/h6-7,11,16H,2-5,15H2,1H3;1H/t11-;/m1./s1. The number of hydrogen-bond donors (Lipinski definition) is 2. The molecule has 1 aromatic carbocycles. The molecule has 0 amide bonds. The number of rotatable bonds is 5. The van der Waals surface area contributed by atoms with Crippen molar-refractivity contribution in [2.24, 2.45) is 5.73 Å². The molecule has 0 radical (unpaired) electrons. The highest BCUT2D eigenvalue weighted by Crippen LogP contribution is 2.35. The Kier molecular flexibility index (Phi) is 8.47. The average Bonchev–Trinajstić information content (AvgIpc) is 2.25. The van der Waals surface area contributed by atoms with E-state index in [-0.39, 0.29) is 24.2 Å². The summed E-state index contributed by atoms with van der Waals surface area (Å²) in [6, 6.07) is 3.81. The number of hydrogen-bond acceptors (Lipinski definition) is 2. The number of aromatic hydroxyl groups is 1. The van der Waals surface area contributed by atoms with Gasteiger partial charge in [0, 0.05) is 6.04 Å². The quantitative estimate of drug-likeness (QED) is 0.705. The molecule has 0 saturated heterocycles. The van der Waals surface area contributed by atoms with Crippen LogP contribution < -0.4 is 5.73 Å². The zero-order chi connectivity index (χ0) is 12.1. The first-order valence-corrected chi connectivity index (χ1v) is 7.08. The molecule has 0 bridgehead atoms. The van der Waals surface area contributed by atoms with Crippen LogP contribution in [0, 0.1) is 0 Å². The van der Waals surface area contributed by atoms with Gasteiger partial charge >= 0.3 is 0 Å². The molecule has 0 fully saturated rings. The first kappa shape index (κ1) is 17.2. The Hall–Kier alpha value is 0.230. The number of phenols is 1. The average molecular weight is 388 g/mol. The first-order chi connectivity index (χ1) is 7.56. The largest absolute Gasteiger partial charge is 0.506 e. The fraction of sp³-hybridized carbons (Fsp3) is 0.500. The van der Waals surface area contributed by atoms with E-state index in [2.05, 4.69) is 38.8 Å². The predicted octanol–water partition coefficient (Wildman–Crippen LogP) is 4.92. The third-order valence-corrected chi connectivity index (χ3v) is 3.80. The summed E-state index contributed by atoms with van der Waals surface area (Å²) >= 11 is 6.62. The molecule has 0 unspecified atom stereocenters. The number of unbranched alkanes of at least 4 members (excludes halogenated alkanes) is 2. The molecule has 98 valence electrons. The lowest BCUT2D eigenvalue weighted by molar-refractivity contribution is 0.467. The minimum absolute atomic E-state index is 0. The van der Waals surface area contributed by atoms with Crippen molar-refractivity contribution in [1.29, 1.82) is 0 Å². The van der Waals surface area contributed by atoms with Crippen molar-refractivity contribution in [3.05, 3.63) is 26.6 Å². The van der Waals surface area contributed by atoms with Gasteiger partial charge in [0.15, 0.2) is 0 Å². The van der Waals surface area contributed by atoms with Gasteiger partial charge in [0.05, 0.1) is 8.95 Å². The molecule has 5 heteroatoms. The third kappa shape index (κ3) is 5.16. The number of nitrogens with two attached hydrogens (primary N) is 1. The summed E-state index contributed by atoms with van der Waals surface area (Å²) in [7, 11) is 0. The lowest BCUT2D eigenvalue weighted by Gasteiger charge is -2.13. The van der Waals surface area contributed by atoms with Crippen LogP contribution in [0.1, 0.15) is 44.2 Å². The lowest BCUT2D eigenvalue weighted by atomic mass is 10.0. The van der Waals surface area contributed by atoms with E-state index in [1.54, 1.807) is 0 Å². The monoisotopic (exact) mass is 385 g/mol. The molecule has 0 aromatic heterocycles. The molecule has 0 aliphatic rings. The van der Waals surface area contributed by atoms with Crippen molar-refractivity contribution in [3.8, 4) is 5.75 Å². The van der Waals surface area contributed by atoms with Crippen molar-refractivity contribution in [2.45, 2.75) is 38.6 Å². The number of benzene rings is 1. The normalized spacial score (nSPS) is 12.0. The van der Waals surface area contributed by atoms with Crippen molar-refractivity contribution in [3.63, 3.8) is 0 Å². The summed E-state index contributed by atoms with van der Waals surface area (Å²) in [5.41, 5.74) is 7.15. The van der Waals surface area contributed by atoms with E-state index in [4.69, 9.17) is 5.73 Å². The van der Waals surface area contributed by atoms with Gasteiger partial charge in [0.1, 0.15) is 5.75 Å². The number of phenolic OH excluding ortho intramolecular Hbond substituents is 1. The van der Waals surface area contributed by atoms with Crippen LogP contribution in [0.25, 0.3) is 0 Å². The minimum atomic E-state index is 0. The SMILES string of the molecule is CCCCC[C@@H](N)c1cc(Br)c(O)c(Br)c1.Cl. The van der Waals surface area contributed by atoms with Crippen LogP contribution in [0.5, 0.6) is 5.75 Å². The van der Waals surface area contributed by atoms with Gasteiger partial charge in [-0.3, -0.25) is 0 Å². The van der Waals surface area contributed by atoms with Gasteiger partial charge in [-0.1, -0.05) is 26.2 Å². The van der Waals surface area contributed by atoms with Crippen molar-refractivity contribution >= 4 is 44.3 Å². The molecule has 0 aliphatic heterocycles.